The van der Waals surface area contributed by atoms with Gasteiger partial charge in [-0.2, -0.15) is 5.26 Å². The topological polar surface area (TPSA) is 50.1 Å². The van der Waals surface area contributed by atoms with Gasteiger partial charge in [0.1, 0.15) is 0 Å². The Morgan fingerprint density at radius 2 is 2.11 bits per heavy atom. The van der Waals surface area contributed by atoms with Crippen molar-refractivity contribution in [2.75, 3.05) is 6.61 Å². The van der Waals surface area contributed by atoms with Gasteiger partial charge >= 0.3 is 5.97 Å². The summed E-state index contributed by atoms with van der Waals surface area (Å²) in [6.07, 6.45) is 1.95. The van der Waals surface area contributed by atoms with E-state index in [9.17, 15) is 4.79 Å². The third-order valence-electron chi connectivity index (χ3n) is 2.96. The monoisotopic (exact) mass is 245 g/mol. The average Bonchev–Trinajstić information content (AvgIpc) is 2.36. The maximum absolute atomic E-state index is 11.4. The van der Waals surface area contributed by atoms with Crippen LogP contribution in [0.2, 0.25) is 0 Å². The molecule has 0 aromatic heterocycles. The van der Waals surface area contributed by atoms with E-state index in [1.807, 2.05) is 26.0 Å². The summed E-state index contributed by atoms with van der Waals surface area (Å²) in [6, 6.07) is 5.95. The van der Waals surface area contributed by atoms with Crippen LogP contribution in [0.3, 0.4) is 0 Å². The van der Waals surface area contributed by atoms with Gasteiger partial charge in [0.2, 0.25) is 0 Å². The molecule has 0 aliphatic rings. The number of nitrogens with zero attached hydrogens (tertiary/aromatic N) is 1. The Bertz CT molecular complexity index is 472. The molecule has 0 spiro atoms. The molecule has 0 saturated heterocycles. The molecule has 0 aliphatic heterocycles. The van der Waals surface area contributed by atoms with Crippen LogP contribution in [0.5, 0.6) is 0 Å². The predicted octanol–water partition coefficient (Wildman–Crippen LogP) is 2.92. The Labute approximate surface area is 108 Å². The third kappa shape index (κ3) is 3.59. The van der Waals surface area contributed by atoms with Crippen LogP contribution >= 0.6 is 0 Å². The van der Waals surface area contributed by atoms with E-state index >= 15 is 0 Å². The Balaban J connectivity index is 2.88. The van der Waals surface area contributed by atoms with Crippen molar-refractivity contribution in [3.8, 4) is 6.07 Å². The zero-order valence-electron chi connectivity index (χ0n) is 11.2. The number of carbonyl (C=O) groups excluding carboxylic acids is 1. The van der Waals surface area contributed by atoms with Gasteiger partial charge in [-0.25, -0.2) is 0 Å². The molecule has 1 aromatic rings. The van der Waals surface area contributed by atoms with Crippen LogP contribution in [0.25, 0.3) is 0 Å². The maximum Gasteiger partial charge on any atom is 0.306 e. The van der Waals surface area contributed by atoms with Crippen molar-refractivity contribution >= 4 is 5.97 Å². The molecule has 0 aliphatic carbocycles. The lowest BCUT2D eigenvalue weighted by Crippen LogP contribution is -2.07. The molecule has 0 fully saturated rings. The second-order valence-corrected chi connectivity index (χ2v) is 4.20. The van der Waals surface area contributed by atoms with Crippen molar-refractivity contribution in [3.05, 3.63) is 34.4 Å². The number of carbonyl (C=O) groups is 1. The second kappa shape index (κ2) is 6.80. The Hall–Kier alpha value is -1.82. The van der Waals surface area contributed by atoms with E-state index in [0.717, 1.165) is 17.5 Å². The Morgan fingerprint density at radius 3 is 2.67 bits per heavy atom. The summed E-state index contributed by atoms with van der Waals surface area (Å²) < 4.78 is 4.93. The molecule has 96 valence electrons. The summed E-state index contributed by atoms with van der Waals surface area (Å²) in [5, 5.41) is 8.94. The fraction of sp³-hybridized carbons (Fsp3) is 0.467. The van der Waals surface area contributed by atoms with Crippen molar-refractivity contribution in [1.29, 1.82) is 5.26 Å². The molecule has 1 rings (SSSR count). The van der Waals surface area contributed by atoms with E-state index in [0.29, 0.717) is 25.0 Å². The van der Waals surface area contributed by atoms with Crippen LogP contribution in [0.15, 0.2) is 12.1 Å². The van der Waals surface area contributed by atoms with Crippen molar-refractivity contribution in [1.82, 2.24) is 0 Å². The fourth-order valence-corrected chi connectivity index (χ4v) is 2.09. The highest BCUT2D eigenvalue weighted by molar-refractivity contribution is 5.69. The molecule has 0 radical (unpaired) electrons. The van der Waals surface area contributed by atoms with Gasteiger partial charge < -0.3 is 4.74 Å². The van der Waals surface area contributed by atoms with Gasteiger partial charge in [-0.3, -0.25) is 4.79 Å². The maximum atomic E-state index is 11.4. The highest BCUT2D eigenvalue weighted by atomic mass is 16.5. The smallest absolute Gasteiger partial charge is 0.306 e. The van der Waals surface area contributed by atoms with E-state index in [1.54, 1.807) is 0 Å². The van der Waals surface area contributed by atoms with E-state index in [-0.39, 0.29) is 5.97 Å². The van der Waals surface area contributed by atoms with Crippen LogP contribution in [0.4, 0.5) is 0 Å². The minimum absolute atomic E-state index is 0.164. The lowest BCUT2D eigenvalue weighted by atomic mass is 9.94. The predicted molar refractivity (Wildman–Crippen MR) is 70.2 cm³/mol. The van der Waals surface area contributed by atoms with Gasteiger partial charge in [-0.05, 0) is 55.5 Å². The van der Waals surface area contributed by atoms with Gasteiger partial charge in [0.25, 0.3) is 0 Å². The molecule has 0 unspecified atom stereocenters. The summed E-state index contributed by atoms with van der Waals surface area (Å²) in [5.74, 6) is -0.164. The molecule has 3 nitrogen and oxygen atoms in total. The second-order valence-electron chi connectivity index (χ2n) is 4.20. The molecule has 1 aromatic carbocycles. The highest BCUT2D eigenvalue weighted by Crippen LogP contribution is 2.19. The van der Waals surface area contributed by atoms with Gasteiger partial charge in [0.15, 0.2) is 0 Å². The van der Waals surface area contributed by atoms with Crippen LogP contribution in [0.1, 0.15) is 42.5 Å². The zero-order valence-corrected chi connectivity index (χ0v) is 11.2. The zero-order chi connectivity index (χ0) is 13.5. The summed E-state index contributed by atoms with van der Waals surface area (Å²) in [4.78, 5) is 11.4. The molecule has 0 amide bonds. The van der Waals surface area contributed by atoms with Gasteiger partial charge in [0, 0.05) is 6.42 Å². The normalized spacial score (nSPS) is 9.89. The highest BCUT2D eigenvalue weighted by Gasteiger charge is 2.10. The first kappa shape index (κ1) is 14.2. The number of nitriles is 1. The van der Waals surface area contributed by atoms with Gasteiger partial charge in [-0.15, -0.1) is 0 Å². The number of esters is 1. The van der Waals surface area contributed by atoms with E-state index < -0.39 is 0 Å². The lowest BCUT2D eigenvalue weighted by molar-refractivity contribution is -0.143. The molecular weight excluding hydrogens is 226 g/mol. The number of rotatable bonds is 5. The van der Waals surface area contributed by atoms with Crippen LogP contribution in [-0.2, 0) is 22.4 Å². The summed E-state index contributed by atoms with van der Waals surface area (Å²) in [6.45, 7) is 6.28. The van der Waals surface area contributed by atoms with Crippen LogP contribution in [0, 0.1) is 18.3 Å². The summed E-state index contributed by atoms with van der Waals surface area (Å²) in [5.41, 5.74) is 4.08. The standard InChI is InChI=1S/C15H19NO2/c1-4-13-9-12(10-16)8-11(3)14(13)6-7-15(17)18-5-2/h8-9H,4-7H2,1-3H3. The Morgan fingerprint density at radius 1 is 1.39 bits per heavy atom. The van der Waals surface area contributed by atoms with E-state index in [1.165, 1.54) is 5.56 Å². The van der Waals surface area contributed by atoms with Gasteiger partial charge in [0.05, 0.1) is 18.2 Å². The average molecular weight is 245 g/mol. The van der Waals surface area contributed by atoms with E-state index in [2.05, 4.69) is 13.0 Å². The molecular formula is C15H19NO2. The molecule has 3 heteroatoms. The number of hydrogen-bond acceptors (Lipinski definition) is 3. The number of aryl methyl sites for hydroxylation is 2. The lowest BCUT2D eigenvalue weighted by Gasteiger charge is -2.12. The SMILES string of the molecule is CCOC(=O)CCc1c(C)cc(C#N)cc1CC. The largest absolute Gasteiger partial charge is 0.466 e. The third-order valence-corrected chi connectivity index (χ3v) is 2.96. The molecule has 0 bridgehead atoms. The number of ether oxygens (including phenoxy) is 1. The number of hydrogen-bond donors (Lipinski definition) is 0. The first-order valence-corrected chi connectivity index (χ1v) is 6.30. The van der Waals surface area contributed by atoms with Gasteiger partial charge in [-0.1, -0.05) is 6.92 Å². The van der Waals surface area contributed by atoms with Crippen LogP contribution in [-0.4, -0.2) is 12.6 Å². The van der Waals surface area contributed by atoms with E-state index in [4.69, 9.17) is 10.00 Å². The van der Waals surface area contributed by atoms with Crippen molar-refractivity contribution < 1.29 is 9.53 Å². The molecule has 0 N–H and O–H groups in total. The van der Waals surface area contributed by atoms with Crippen molar-refractivity contribution in [2.45, 2.75) is 40.0 Å². The molecule has 0 saturated carbocycles. The minimum atomic E-state index is -0.164. The number of benzene rings is 1. The quantitative estimate of drug-likeness (QED) is 0.749. The first-order valence-electron chi connectivity index (χ1n) is 6.30. The summed E-state index contributed by atoms with van der Waals surface area (Å²) >= 11 is 0. The van der Waals surface area contributed by atoms with Crippen LogP contribution < -0.4 is 0 Å². The molecule has 18 heavy (non-hydrogen) atoms. The minimum Gasteiger partial charge on any atom is -0.466 e. The summed E-state index contributed by atoms with van der Waals surface area (Å²) in [7, 11) is 0. The molecule has 0 heterocycles. The van der Waals surface area contributed by atoms with Crippen molar-refractivity contribution in [3.63, 3.8) is 0 Å². The Kier molecular flexibility index (Phi) is 5.38. The fourth-order valence-electron chi connectivity index (χ4n) is 2.09. The molecule has 0 atom stereocenters. The first-order chi connectivity index (χ1) is 8.62. The van der Waals surface area contributed by atoms with Crippen molar-refractivity contribution in [2.24, 2.45) is 0 Å².